The number of nitrogens with one attached hydrogen (secondary N) is 1. The topological polar surface area (TPSA) is 96.0 Å². The molecule has 0 fully saturated rings. The Kier molecular flexibility index (Phi) is 9.15. The Morgan fingerprint density at radius 3 is 2.32 bits per heavy atom. The first-order valence-electron chi connectivity index (χ1n) is 12.2. The number of benzene rings is 3. The van der Waals surface area contributed by atoms with Gasteiger partial charge in [0.05, 0.1) is 19.1 Å². The van der Waals surface area contributed by atoms with Crippen molar-refractivity contribution >= 4 is 38.3 Å². The van der Waals surface area contributed by atoms with Crippen LogP contribution in [0.1, 0.15) is 26.3 Å². The van der Waals surface area contributed by atoms with E-state index in [-0.39, 0.29) is 18.4 Å². The number of fused-ring (bicyclic) bond motifs is 1. The summed E-state index contributed by atoms with van der Waals surface area (Å²) in [6, 6.07) is 19.1. The smallest absolute Gasteiger partial charge is 0.244 e. The molecule has 0 radical (unpaired) electrons. The Morgan fingerprint density at radius 2 is 1.65 bits per heavy atom. The lowest BCUT2D eigenvalue weighted by molar-refractivity contribution is -0.139. The highest BCUT2D eigenvalue weighted by Crippen LogP contribution is 2.28. The largest absolute Gasteiger partial charge is 0.497 e. The molecule has 0 saturated carbocycles. The molecule has 0 aliphatic carbocycles. The molecule has 1 unspecified atom stereocenters. The van der Waals surface area contributed by atoms with Crippen LogP contribution >= 0.6 is 0 Å². The van der Waals surface area contributed by atoms with Gasteiger partial charge in [-0.2, -0.15) is 0 Å². The number of hydrogen-bond donors (Lipinski definition) is 1. The van der Waals surface area contributed by atoms with E-state index in [0.717, 1.165) is 21.5 Å². The molecule has 0 bridgehead atoms. The predicted octanol–water partition coefficient (Wildman–Crippen LogP) is 3.80. The van der Waals surface area contributed by atoms with Crippen molar-refractivity contribution in [3.8, 4) is 5.75 Å². The van der Waals surface area contributed by atoms with Crippen LogP contribution in [0.3, 0.4) is 0 Å². The van der Waals surface area contributed by atoms with Crippen LogP contribution in [-0.4, -0.2) is 57.6 Å². The monoisotopic (exact) mass is 525 g/mol. The summed E-state index contributed by atoms with van der Waals surface area (Å²) in [6.07, 6.45) is 1.08. The number of amides is 2. The first kappa shape index (κ1) is 28.0. The number of nitrogens with zero attached hydrogens (tertiary/aromatic N) is 2. The predicted molar refractivity (Wildman–Crippen MR) is 147 cm³/mol. The highest BCUT2D eigenvalue weighted by Gasteiger charge is 2.30. The Morgan fingerprint density at radius 1 is 0.973 bits per heavy atom. The fourth-order valence-corrected chi connectivity index (χ4v) is 4.88. The maximum atomic E-state index is 13.8. The zero-order valence-corrected chi connectivity index (χ0v) is 22.8. The lowest BCUT2D eigenvalue weighted by Crippen LogP contribution is -2.51. The minimum absolute atomic E-state index is 0.111. The molecule has 3 aromatic rings. The second-order valence-electron chi connectivity index (χ2n) is 9.46. The molecule has 2 amide bonds. The van der Waals surface area contributed by atoms with Crippen molar-refractivity contribution in [2.24, 2.45) is 5.92 Å². The molecular formula is C28H35N3O5S. The standard InChI is InChI=1S/C28H35N3O5S/c1-20(2)17-29-28(33)21(3)30(18-22-10-8-13-24(16-22)36-4)27(32)19-31(37(5,34)35)26-15-9-12-23-11-6-7-14-25(23)26/h6-16,20-21H,17-19H2,1-5H3,(H,29,33). The van der Waals surface area contributed by atoms with Gasteiger partial charge in [-0.05, 0) is 42.0 Å². The van der Waals surface area contributed by atoms with Gasteiger partial charge in [0.15, 0.2) is 0 Å². The Balaban J connectivity index is 1.98. The molecular weight excluding hydrogens is 490 g/mol. The first-order chi connectivity index (χ1) is 17.5. The van der Waals surface area contributed by atoms with Crippen LogP contribution in [0.2, 0.25) is 0 Å². The summed E-state index contributed by atoms with van der Waals surface area (Å²) in [7, 11) is -2.27. The van der Waals surface area contributed by atoms with Crippen molar-refractivity contribution in [3.63, 3.8) is 0 Å². The van der Waals surface area contributed by atoms with Crippen molar-refractivity contribution in [3.05, 3.63) is 72.3 Å². The Hall–Kier alpha value is -3.59. The van der Waals surface area contributed by atoms with Crippen molar-refractivity contribution in [1.29, 1.82) is 0 Å². The van der Waals surface area contributed by atoms with Gasteiger partial charge in [-0.25, -0.2) is 8.42 Å². The molecule has 9 heteroatoms. The average molecular weight is 526 g/mol. The third-order valence-electron chi connectivity index (χ3n) is 6.05. The van der Waals surface area contributed by atoms with E-state index in [4.69, 9.17) is 4.74 Å². The van der Waals surface area contributed by atoms with Crippen molar-refractivity contribution in [1.82, 2.24) is 10.2 Å². The van der Waals surface area contributed by atoms with Crippen LogP contribution in [0.15, 0.2) is 66.7 Å². The summed E-state index contributed by atoms with van der Waals surface area (Å²) >= 11 is 0. The molecule has 37 heavy (non-hydrogen) atoms. The average Bonchev–Trinajstić information content (AvgIpc) is 2.87. The molecule has 198 valence electrons. The summed E-state index contributed by atoms with van der Waals surface area (Å²) in [5.74, 6) is 0.0653. The van der Waals surface area contributed by atoms with Crippen LogP contribution in [0.4, 0.5) is 5.69 Å². The van der Waals surface area contributed by atoms with E-state index >= 15 is 0 Å². The van der Waals surface area contributed by atoms with Gasteiger partial charge in [-0.3, -0.25) is 13.9 Å². The number of anilines is 1. The molecule has 0 aliphatic heterocycles. The van der Waals surface area contributed by atoms with Crippen molar-refractivity contribution in [2.75, 3.05) is 30.8 Å². The first-order valence-corrected chi connectivity index (χ1v) is 14.0. The number of hydrogen-bond acceptors (Lipinski definition) is 5. The van der Waals surface area contributed by atoms with Gasteiger partial charge in [-0.15, -0.1) is 0 Å². The fourth-order valence-electron chi connectivity index (χ4n) is 4.02. The summed E-state index contributed by atoms with van der Waals surface area (Å²) in [4.78, 5) is 28.1. The second-order valence-corrected chi connectivity index (χ2v) is 11.4. The fraction of sp³-hybridized carbons (Fsp3) is 0.357. The van der Waals surface area contributed by atoms with E-state index in [0.29, 0.717) is 23.4 Å². The summed E-state index contributed by atoms with van der Waals surface area (Å²) < 4.78 is 32.2. The van der Waals surface area contributed by atoms with Gasteiger partial charge in [0.1, 0.15) is 18.3 Å². The van der Waals surface area contributed by atoms with Crippen molar-refractivity contribution in [2.45, 2.75) is 33.4 Å². The van der Waals surface area contributed by atoms with Crippen molar-refractivity contribution < 1.29 is 22.7 Å². The molecule has 0 spiro atoms. The number of methoxy groups -OCH3 is 1. The quantitative estimate of drug-likeness (QED) is 0.411. The van der Waals surface area contributed by atoms with Crippen LogP contribution in [0, 0.1) is 5.92 Å². The number of sulfonamides is 1. The molecule has 0 aliphatic rings. The molecule has 8 nitrogen and oxygen atoms in total. The van der Waals surface area contributed by atoms with Gasteiger partial charge < -0.3 is 15.0 Å². The minimum Gasteiger partial charge on any atom is -0.497 e. The SMILES string of the molecule is COc1cccc(CN(C(=O)CN(c2cccc3ccccc23)S(C)(=O)=O)C(C)C(=O)NCC(C)C)c1. The van der Waals surface area contributed by atoms with Gasteiger partial charge in [0.2, 0.25) is 21.8 Å². The molecule has 1 N–H and O–H groups in total. The Bertz CT molecular complexity index is 1350. The van der Waals surface area contributed by atoms with Gasteiger partial charge in [0.25, 0.3) is 0 Å². The highest BCUT2D eigenvalue weighted by molar-refractivity contribution is 7.92. The highest BCUT2D eigenvalue weighted by atomic mass is 32.2. The second kappa shape index (κ2) is 12.1. The zero-order chi connectivity index (χ0) is 27.2. The zero-order valence-electron chi connectivity index (χ0n) is 22.0. The molecule has 3 aromatic carbocycles. The third-order valence-corrected chi connectivity index (χ3v) is 7.18. The molecule has 1 atom stereocenters. The number of carbonyl (C=O) groups is 2. The van der Waals surface area contributed by atoms with Crippen LogP contribution in [0.25, 0.3) is 10.8 Å². The van der Waals surface area contributed by atoms with E-state index in [1.807, 2.05) is 50.2 Å². The van der Waals surface area contributed by atoms with Crippen LogP contribution in [-0.2, 0) is 26.2 Å². The lowest BCUT2D eigenvalue weighted by atomic mass is 10.1. The maximum Gasteiger partial charge on any atom is 0.244 e. The number of ether oxygens (including phenoxy) is 1. The van der Waals surface area contributed by atoms with E-state index in [9.17, 15) is 18.0 Å². The lowest BCUT2D eigenvalue weighted by Gasteiger charge is -2.32. The van der Waals surface area contributed by atoms with E-state index in [1.165, 1.54) is 4.90 Å². The normalized spacial score (nSPS) is 12.3. The summed E-state index contributed by atoms with van der Waals surface area (Å²) in [6.45, 7) is 5.75. The van der Waals surface area contributed by atoms with E-state index in [2.05, 4.69) is 5.32 Å². The maximum absolute atomic E-state index is 13.8. The van der Waals surface area contributed by atoms with Gasteiger partial charge in [-0.1, -0.05) is 62.4 Å². The summed E-state index contributed by atoms with van der Waals surface area (Å²) in [5.41, 5.74) is 1.17. The van der Waals surface area contributed by atoms with E-state index < -0.39 is 28.5 Å². The third kappa shape index (κ3) is 7.22. The van der Waals surface area contributed by atoms with Gasteiger partial charge in [0, 0.05) is 18.5 Å². The minimum atomic E-state index is -3.82. The molecule has 3 rings (SSSR count). The molecule has 0 heterocycles. The van der Waals surface area contributed by atoms with Gasteiger partial charge >= 0.3 is 0 Å². The Labute approximate surface area is 219 Å². The van der Waals surface area contributed by atoms with E-state index in [1.54, 1.807) is 44.4 Å². The van der Waals surface area contributed by atoms with Crippen LogP contribution in [0.5, 0.6) is 5.75 Å². The molecule has 0 saturated heterocycles. The summed E-state index contributed by atoms with van der Waals surface area (Å²) in [5, 5.41) is 4.45. The molecule has 0 aromatic heterocycles. The van der Waals surface area contributed by atoms with Crippen LogP contribution < -0.4 is 14.4 Å². The number of rotatable bonds is 11. The number of carbonyl (C=O) groups excluding carboxylic acids is 2.